The Hall–Kier alpha value is -1.55. The SMILES string of the molecule is [O-][NH+]1NC(=NCCN2CCCOCC2)[NH+]([O-])c2cc3c(cc21)CCC3. The van der Waals surface area contributed by atoms with Crippen molar-refractivity contribution in [2.75, 3.05) is 39.4 Å². The number of hydrogen-bond donors (Lipinski definition) is 3. The van der Waals surface area contributed by atoms with Gasteiger partial charge in [0.05, 0.1) is 13.2 Å². The van der Waals surface area contributed by atoms with E-state index in [1.165, 1.54) is 11.1 Å². The predicted molar refractivity (Wildman–Crippen MR) is 93.8 cm³/mol. The van der Waals surface area contributed by atoms with E-state index in [2.05, 4.69) is 15.3 Å². The maximum Gasteiger partial charge on any atom is 0.347 e. The Morgan fingerprint density at radius 3 is 2.72 bits per heavy atom. The van der Waals surface area contributed by atoms with E-state index < -0.39 is 0 Å². The molecule has 2 atom stereocenters. The van der Waals surface area contributed by atoms with Crippen molar-refractivity contribution >= 4 is 17.3 Å². The van der Waals surface area contributed by atoms with Crippen molar-refractivity contribution in [3.05, 3.63) is 33.7 Å². The number of aryl methyl sites for hydroxylation is 2. The summed E-state index contributed by atoms with van der Waals surface area (Å²) < 4.78 is 5.44. The molecule has 25 heavy (non-hydrogen) atoms. The number of hydroxylamine groups is 1. The summed E-state index contributed by atoms with van der Waals surface area (Å²) in [6.07, 6.45) is 4.09. The lowest BCUT2D eigenvalue weighted by molar-refractivity contribution is -0.851. The van der Waals surface area contributed by atoms with Crippen LogP contribution in [0.5, 0.6) is 0 Å². The first-order chi connectivity index (χ1) is 12.2. The van der Waals surface area contributed by atoms with Gasteiger partial charge in [-0.25, -0.2) is 10.2 Å². The second-order valence-corrected chi connectivity index (χ2v) is 6.84. The molecule has 1 aromatic carbocycles. The molecule has 0 radical (unpaired) electrons. The van der Waals surface area contributed by atoms with Gasteiger partial charge in [0.25, 0.3) is 0 Å². The second-order valence-electron chi connectivity index (χ2n) is 6.84. The summed E-state index contributed by atoms with van der Waals surface area (Å²) in [6.45, 7) is 4.69. The fourth-order valence-corrected chi connectivity index (χ4v) is 3.79. The molecule has 0 spiro atoms. The van der Waals surface area contributed by atoms with Crippen LogP contribution in [0.2, 0.25) is 0 Å². The van der Waals surface area contributed by atoms with Crippen molar-refractivity contribution in [3.8, 4) is 0 Å². The first-order valence-corrected chi connectivity index (χ1v) is 9.09. The van der Waals surface area contributed by atoms with Gasteiger partial charge in [-0.2, -0.15) is 5.43 Å². The Labute approximate surface area is 147 Å². The van der Waals surface area contributed by atoms with Crippen LogP contribution in [0.25, 0.3) is 0 Å². The molecule has 3 aliphatic rings. The molecule has 0 bridgehead atoms. The number of aliphatic imine (C=N–C) groups is 1. The van der Waals surface area contributed by atoms with Crippen LogP contribution in [0.1, 0.15) is 24.0 Å². The van der Waals surface area contributed by atoms with Crippen molar-refractivity contribution in [3.63, 3.8) is 0 Å². The number of nitrogens with one attached hydrogen (secondary N) is 3. The smallest absolute Gasteiger partial charge is 0.347 e. The quantitative estimate of drug-likeness (QED) is 0.598. The van der Waals surface area contributed by atoms with Crippen LogP contribution in [-0.2, 0) is 17.6 Å². The lowest BCUT2D eigenvalue weighted by Crippen LogP contribution is -3.24. The molecule has 1 fully saturated rings. The summed E-state index contributed by atoms with van der Waals surface area (Å²) >= 11 is 0. The van der Waals surface area contributed by atoms with Gasteiger partial charge in [-0.3, -0.25) is 9.96 Å². The molecule has 3 N–H and O–H groups in total. The minimum Gasteiger partial charge on any atom is -0.621 e. The van der Waals surface area contributed by atoms with Crippen LogP contribution in [-0.4, -0.2) is 50.3 Å². The molecule has 1 saturated heterocycles. The summed E-state index contributed by atoms with van der Waals surface area (Å²) in [7, 11) is 0. The van der Waals surface area contributed by atoms with Gasteiger partial charge in [-0.05, 0) is 36.8 Å². The lowest BCUT2D eigenvalue weighted by atomic mass is 10.1. The van der Waals surface area contributed by atoms with Gasteiger partial charge in [-0.1, -0.05) is 0 Å². The van der Waals surface area contributed by atoms with Gasteiger partial charge >= 0.3 is 5.96 Å². The highest BCUT2D eigenvalue weighted by Crippen LogP contribution is 2.28. The zero-order chi connectivity index (χ0) is 17.2. The number of fused-ring (bicyclic) bond motifs is 2. The normalized spacial score (nSPS) is 28.3. The van der Waals surface area contributed by atoms with E-state index in [4.69, 9.17) is 4.74 Å². The molecule has 0 aromatic heterocycles. The van der Waals surface area contributed by atoms with Crippen molar-refractivity contribution in [2.24, 2.45) is 4.99 Å². The number of benzene rings is 1. The molecular formula is C17H25N5O3. The van der Waals surface area contributed by atoms with Gasteiger partial charge in [-0.15, -0.1) is 0 Å². The average molecular weight is 347 g/mol. The van der Waals surface area contributed by atoms with E-state index in [9.17, 15) is 10.4 Å². The first kappa shape index (κ1) is 16.9. The third-order valence-electron chi connectivity index (χ3n) is 5.17. The number of ether oxygens (including phenoxy) is 1. The van der Waals surface area contributed by atoms with E-state index in [1.54, 1.807) is 0 Å². The third kappa shape index (κ3) is 3.55. The summed E-state index contributed by atoms with van der Waals surface area (Å²) in [4.78, 5) is 6.67. The van der Waals surface area contributed by atoms with E-state index in [1.807, 2.05) is 12.1 Å². The number of rotatable bonds is 3. The maximum atomic E-state index is 12.7. The van der Waals surface area contributed by atoms with Crippen LogP contribution in [0.15, 0.2) is 17.1 Å². The Kier molecular flexibility index (Phi) is 4.98. The van der Waals surface area contributed by atoms with Gasteiger partial charge in [0.15, 0.2) is 0 Å². The van der Waals surface area contributed by atoms with Gasteiger partial charge < -0.3 is 15.2 Å². The Balaban J connectivity index is 1.46. The van der Waals surface area contributed by atoms with Crippen LogP contribution >= 0.6 is 0 Å². The molecule has 8 heteroatoms. The minimum absolute atomic E-state index is 0.163. The van der Waals surface area contributed by atoms with E-state index in [0.29, 0.717) is 17.9 Å². The summed E-state index contributed by atoms with van der Waals surface area (Å²) in [5.74, 6) is 0.182. The molecule has 136 valence electrons. The van der Waals surface area contributed by atoms with Crippen molar-refractivity contribution in [1.29, 1.82) is 0 Å². The molecule has 4 rings (SSSR count). The molecule has 2 aliphatic heterocycles. The average Bonchev–Trinajstić information content (AvgIpc) is 2.92. The van der Waals surface area contributed by atoms with Crippen molar-refractivity contribution < 1.29 is 15.0 Å². The van der Waals surface area contributed by atoms with Crippen LogP contribution in [0.4, 0.5) is 11.4 Å². The first-order valence-electron chi connectivity index (χ1n) is 9.09. The molecule has 0 saturated carbocycles. The summed E-state index contributed by atoms with van der Waals surface area (Å²) in [5.41, 5.74) is 6.08. The van der Waals surface area contributed by atoms with E-state index in [0.717, 1.165) is 58.5 Å². The lowest BCUT2D eigenvalue weighted by Gasteiger charge is -2.35. The zero-order valence-electron chi connectivity index (χ0n) is 14.3. The van der Waals surface area contributed by atoms with Crippen molar-refractivity contribution in [1.82, 2.24) is 10.3 Å². The van der Waals surface area contributed by atoms with Crippen LogP contribution < -0.4 is 15.7 Å². The Morgan fingerprint density at radius 1 is 1.08 bits per heavy atom. The largest absolute Gasteiger partial charge is 0.621 e. The fraction of sp³-hybridized carbons (Fsp3) is 0.588. The number of guanidine groups is 1. The second kappa shape index (κ2) is 7.36. The standard InChI is InChI=1S/C17H25N5O3/c23-21-15-11-13-3-1-4-14(13)12-16(15)22(24)19-17(21)18-5-7-20-6-2-9-25-10-8-20/h11-12,21-22H,1-10H2,(H,18,19). The van der Waals surface area contributed by atoms with Gasteiger partial charge in [0, 0.05) is 38.4 Å². The highest BCUT2D eigenvalue weighted by molar-refractivity contribution is 5.76. The Morgan fingerprint density at radius 2 is 1.88 bits per heavy atom. The molecule has 0 amide bonds. The molecule has 2 unspecified atom stereocenters. The summed E-state index contributed by atoms with van der Waals surface area (Å²) in [6, 6.07) is 3.79. The Bertz CT molecular complexity index is 658. The third-order valence-corrected chi connectivity index (χ3v) is 5.17. The predicted octanol–water partition coefficient (Wildman–Crippen LogP) is -1.20. The van der Waals surface area contributed by atoms with Gasteiger partial charge in [0.2, 0.25) is 11.4 Å². The number of hydrogen-bond acceptors (Lipinski definition) is 5. The molecule has 1 aromatic rings. The van der Waals surface area contributed by atoms with Crippen LogP contribution in [0.3, 0.4) is 0 Å². The highest BCUT2D eigenvalue weighted by atomic mass is 16.6. The van der Waals surface area contributed by atoms with Crippen molar-refractivity contribution in [2.45, 2.75) is 25.7 Å². The molecular weight excluding hydrogens is 322 g/mol. The summed E-state index contributed by atoms with van der Waals surface area (Å²) in [5, 5.41) is 24.7. The molecule has 2 heterocycles. The molecule has 1 aliphatic carbocycles. The monoisotopic (exact) mass is 347 g/mol. The maximum absolute atomic E-state index is 12.7. The topological polar surface area (TPSA) is 91.9 Å². The number of nitrogens with zero attached hydrogens (tertiary/aromatic N) is 2. The van der Waals surface area contributed by atoms with E-state index >= 15 is 0 Å². The fourth-order valence-electron chi connectivity index (χ4n) is 3.79. The van der Waals surface area contributed by atoms with Crippen LogP contribution in [0, 0.1) is 10.4 Å². The minimum atomic E-state index is -0.216. The highest BCUT2D eigenvalue weighted by Gasteiger charge is 2.31. The molecule has 8 nitrogen and oxygen atoms in total. The zero-order valence-corrected chi connectivity index (χ0v) is 14.3. The number of quaternary nitrogens is 2. The van der Waals surface area contributed by atoms with E-state index in [-0.39, 0.29) is 16.2 Å². The van der Waals surface area contributed by atoms with Gasteiger partial charge in [0.1, 0.15) is 0 Å².